The Kier molecular flexibility index (Phi) is 6.89. The predicted molar refractivity (Wildman–Crippen MR) is 84.8 cm³/mol. The minimum atomic E-state index is -0.856. The molecular formula is C17H25NO4. The first kappa shape index (κ1) is 18.0. The minimum Gasteiger partial charge on any atom is -0.494 e. The average molecular weight is 307 g/mol. The van der Waals surface area contributed by atoms with E-state index in [1.807, 2.05) is 37.3 Å². The van der Waals surface area contributed by atoms with Crippen LogP contribution in [-0.4, -0.2) is 30.1 Å². The second-order valence-corrected chi connectivity index (χ2v) is 6.08. The molecule has 0 spiro atoms. The lowest BCUT2D eigenvalue weighted by Gasteiger charge is -2.20. The molecular weight excluding hydrogens is 282 g/mol. The fraction of sp³-hybridized carbons (Fsp3) is 0.529. The third kappa shape index (κ3) is 6.16. The van der Waals surface area contributed by atoms with Crippen LogP contribution in [0.1, 0.15) is 33.6 Å². The fourth-order valence-corrected chi connectivity index (χ4v) is 1.78. The molecule has 0 aromatic heterocycles. The number of hydrogen-bond acceptors (Lipinski definition) is 3. The third-order valence-corrected chi connectivity index (χ3v) is 3.64. The van der Waals surface area contributed by atoms with Crippen LogP contribution in [0.4, 0.5) is 0 Å². The van der Waals surface area contributed by atoms with Gasteiger partial charge in [-0.25, -0.2) is 0 Å². The third-order valence-electron chi connectivity index (χ3n) is 3.64. The largest absolute Gasteiger partial charge is 0.494 e. The van der Waals surface area contributed by atoms with Gasteiger partial charge in [-0.2, -0.15) is 0 Å². The van der Waals surface area contributed by atoms with Crippen LogP contribution in [0.3, 0.4) is 0 Å². The maximum Gasteiger partial charge on any atom is 0.309 e. The Morgan fingerprint density at radius 2 is 1.91 bits per heavy atom. The molecule has 0 saturated carbocycles. The van der Waals surface area contributed by atoms with Gasteiger partial charge < -0.3 is 15.2 Å². The Morgan fingerprint density at radius 3 is 2.50 bits per heavy atom. The number of aliphatic carboxylic acids is 1. The maximum absolute atomic E-state index is 11.9. The molecule has 0 bridgehead atoms. The number of nitrogens with one attached hydrogen (secondary N) is 1. The first-order chi connectivity index (χ1) is 10.3. The summed E-state index contributed by atoms with van der Waals surface area (Å²) in [5, 5.41) is 11.8. The van der Waals surface area contributed by atoms with Gasteiger partial charge in [0.15, 0.2) is 0 Å². The van der Waals surface area contributed by atoms with Crippen LogP contribution < -0.4 is 10.1 Å². The molecule has 0 fully saturated rings. The van der Waals surface area contributed by atoms with E-state index in [4.69, 9.17) is 9.84 Å². The number of amides is 1. The molecule has 1 amide bonds. The molecule has 0 radical (unpaired) electrons. The Hall–Kier alpha value is -2.04. The number of para-hydroxylation sites is 1. The topological polar surface area (TPSA) is 75.6 Å². The molecule has 22 heavy (non-hydrogen) atoms. The zero-order valence-corrected chi connectivity index (χ0v) is 13.5. The quantitative estimate of drug-likeness (QED) is 0.735. The van der Waals surface area contributed by atoms with Crippen molar-refractivity contribution in [2.45, 2.75) is 33.6 Å². The van der Waals surface area contributed by atoms with Crippen LogP contribution in [0, 0.1) is 11.3 Å². The van der Waals surface area contributed by atoms with Gasteiger partial charge >= 0.3 is 5.97 Å². The average Bonchev–Trinajstić information content (AvgIpc) is 2.47. The minimum absolute atomic E-state index is 0.0714. The molecule has 1 rings (SSSR count). The summed E-state index contributed by atoms with van der Waals surface area (Å²) in [6.07, 6.45) is 1.02. The Labute approximate surface area is 131 Å². The van der Waals surface area contributed by atoms with Crippen molar-refractivity contribution in [3.63, 3.8) is 0 Å². The van der Waals surface area contributed by atoms with Gasteiger partial charge in [-0.1, -0.05) is 25.1 Å². The number of carboxylic acids is 1. The van der Waals surface area contributed by atoms with E-state index in [9.17, 15) is 9.59 Å². The Morgan fingerprint density at radius 1 is 1.27 bits per heavy atom. The monoisotopic (exact) mass is 307 g/mol. The maximum atomic E-state index is 11.9. The second kappa shape index (κ2) is 8.41. The van der Waals surface area contributed by atoms with Crippen LogP contribution in [0.5, 0.6) is 5.75 Å². The van der Waals surface area contributed by atoms with Crippen molar-refractivity contribution >= 4 is 11.9 Å². The number of carbonyl (C=O) groups excluding carboxylic acids is 1. The van der Waals surface area contributed by atoms with E-state index in [1.54, 1.807) is 13.8 Å². The van der Waals surface area contributed by atoms with Gasteiger partial charge in [0.25, 0.3) is 0 Å². The van der Waals surface area contributed by atoms with Crippen LogP contribution in [-0.2, 0) is 9.59 Å². The number of carbonyl (C=O) groups is 2. The van der Waals surface area contributed by atoms with Crippen molar-refractivity contribution in [1.29, 1.82) is 0 Å². The van der Waals surface area contributed by atoms with Gasteiger partial charge in [0, 0.05) is 12.5 Å². The first-order valence-corrected chi connectivity index (χ1v) is 7.52. The van der Waals surface area contributed by atoms with Crippen molar-refractivity contribution in [1.82, 2.24) is 5.32 Å². The SMILES string of the molecule is CC(CCOc1ccccc1)C(=O)NCCC(C)(C)C(=O)O. The summed E-state index contributed by atoms with van der Waals surface area (Å²) >= 11 is 0. The molecule has 5 nitrogen and oxygen atoms in total. The molecule has 0 saturated heterocycles. The summed E-state index contributed by atoms with van der Waals surface area (Å²) in [5.74, 6) is -0.307. The molecule has 1 aromatic rings. The Balaban J connectivity index is 2.23. The molecule has 0 aliphatic heterocycles. The summed E-state index contributed by atoms with van der Waals surface area (Å²) in [7, 11) is 0. The standard InChI is InChI=1S/C17H25NO4/c1-13(9-12-22-14-7-5-4-6-8-14)15(19)18-11-10-17(2,3)16(20)21/h4-8,13H,9-12H2,1-3H3,(H,18,19)(H,20,21). The van der Waals surface area contributed by atoms with E-state index in [2.05, 4.69) is 5.32 Å². The van der Waals surface area contributed by atoms with Crippen molar-refractivity contribution in [2.75, 3.05) is 13.2 Å². The summed E-state index contributed by atoms with van der Waals surface area (Å²) in [5.41, 5.74) is -0.826. The smallest absolute Gasteiger partial charge is 0.309 e. The number of rotatable bonds is 9. The lowest BCUT2D eigenvalue weighted by Crippen LogP contribution is -2.35. The zero-order chi connectivity index (χ0) is 16.6. The van der Waals surface area contributed by atoms with E-state index in [-0.39, 0.29) is 11.8 Å². The van der Waals surface area contributed by atoms with Crippen LogP contribution in [0.2, 0.25) is 0 Å². The van der Waals surface area contributed by atoms with E-state index in [0.717, 1.165) is 5.75 Å². The fourth-order valence-electron chi connectivity index (χ4n) is 1.78. The highest BCUT2D eigenvalue weighted by atomic mass is 16.5. The first-order valence-electron chi connectivity index (χ1n) is 7.52. The van der Waals surface area contributed by atoms with Crippen molar-refractivity contribution in [3.8, 4) is 5.75 Å². The van der Waals surface area contributed by atoms with E-state index in [0.29, 0.717) is 26.0 Å². The second-order valence-electron chi connectivity index (χ2n) is 6.08. The van der Waals surface area contributed by atoms with E-state index >= 15 is 0 Å². The molecule has 0 aliphatic rings. The highest BCUT2D eigenvalue weighted by Gasteiger charge is 2.26. The summed E-state index contributed by atoms with van der Waals surface area (Å²) < 4.78 is 5.56. The van der Waals surface area contributed by atoms with Gasteiger partial charge in [-0.05, 0) is 38.8 Å². The van der Waals surface area contributed by atoms with Crippen molar-refractivity contribution in [3.05, 3.63) is 30.3 Å². The van der Waals surface area contributed by atoms with Gasteiger partial charge in [0.1, 0.15) is 5.75 Å². The number of benzene rings is 1. The molecule has 1 unspecified atom stereocenters. The molecule has 1 aromatic carbocycles. The summed E-state index contributed by atoms with van der Waals surface area (Å²) in [6, 6.07) is 9.46. The number of carboxylic acid groups (broad SMARTS) is 1. The van der Waals surface area contributed by atoms with Crippen molar-refractivity contribution < 1.29 is 19.4 Å². The molecule has 1 atom stereocenters. The van der Waals surface area contributed by atoms with E-state index in [1.165, 1.54) is 0 Å². The van der Waals surface area contributed by atoms with Gasteiger partial charge in [-0.3, -0.25) is 9.59 Å². The summed E-state index contributed by atoms with van der Waals surface area (Å²) in [6.45, 7) is 5.98. The lowest BCUT2D eigenvalue weighted by atomic mass is 9.89. The van der Waals surface area contributed by atoms with Crippen LogP contribution in [0.15, 0.2) is 30.3 Å². The molecule has 2 N–H and O–H groups in total. The molecule has 0 heterocycles. The van der Waals surface area contributed by atoms with Gasteiger partial charge in [0.05, 0.1) is 12.0 Å². The molecule has 0 aliphatic carbocycles. The molecule has 122 valence electrons. The normalized spacial score (nSPS) is 12.5. The highest BCUT2D eigenvalue weighted by molar-refractivity contribution is 5.78. The summed E-state index contributed by atoms with van der Waals surface area (Å²) in [4.78, 5) is 22.9. The van der Waals surface area contributed by atoms with Crippen LogP contribution >= 0.6 is 0 Å². The van der Waals surface area contributed by atoms with Crippen LogP contribution in [0.25, 0.3) is 0 Å². The van der Waals surface area contributed by atoms with Gasteiger partial charge in [-0.15, -0.1) is 0 Å². The van der Waals surface area contributed by atoms with E-state index < -0.39 is 11.4 Å². The van der Waals surface area contributed by atoms with Crippen molar-refractivity contribution in [2.24, 2.45) is 11.3 Å². The highest BCUT2D eigenvalue weighted by Crippen LogP contribution is 2.19. The number of ether oxygens (including phenoxy) is 1. The number of hydrogen-bond donors (Lipinski definition) is 2. The predicted octanol–water partition coefficient (Wildman–Crippen LogP) is 2.71. The van der Waals surface area contributed by atoms with Gasteiger partial charge in [0.2, 0.25) is 5.91 Å². The zero-order valence-electron chi connectivity index (χ0n) is 13.5. The molecule has 5 heteroatoms. The lowest BCUT2D eigenvalue weighted by molar-refractivity contribution is -0.147. The Bertz CT molecular complexity index is 485.